The van der Waals surface area contributed by atoms with Gasteiger partial charge in [-0.2, -0.15) is 4.31 Å². The van der Waals surface area contributed by atoms with Gasteiger partial charge in [0.05, 0.1) is 18.1 Å². The maximum atomic E-state index is 12.7. The van der Waals surface area contributed by atoms with Gasteiger partial charge in [0.25, 0.3) is 0 Å². The van der Waals surface area contributed by atoms with E-state index < -0.39 is 10.0 Å². The Morgan fingerprint density at radius 3 is 2.31 bits per heavy atom. The van der Waals surface area contributed by atoms with Gasteiger partial charge in [-0.05, 0) is 36.1 Å². The minimum atomic E-state index is -3.49. The minimum absolute atomic E-state index is 0.0888. The lowest BCUT2D eigenvalue weighted by atomic mass is 10.1. The summed E-state index contributed by atoms with van der Waals surface area (Å²) < 4.78 is 32.0. The molecular weight excluding hydrogens is 388 g/mol. The quantitative estimate of drug-likeness (QED) is 0.664. The maximum absolute atomic E-state index is 12.7. The molecule has 0 aliphatic carbocycles. The second-order valence-electron chi connectivity index (χ2n) is 7.25. The molecule has 6 nitrogen and oxygen atoms in total. The number of amides is 1. The average molecular weight is 417 g/mol. The number of rotatable bonds is 8. The fourth-order valence-electron chi connectivity index (χ4n) is 3.34. The van der Waals surface area contributed by atoms with Crippen molar-refractivity contribution >= 4 is 15.9 Å². The van der Waals surface area contributed by atoms with Crippen LogP contribution >= 0.6 is 0 Å². The summed E-state index contributed by atoms with van der Waals surface area (Å²) in [7, 11) is -1.71. The number of carbonyl (C=O) groups excluding carboxylic acids is 1. The van der Waals surface area contributed by atoms with Gasteiger partial charge in [-0.1, -0.05) is 42.5 Å². The van der Waals surface area contributed by atoms with E-state index in [0.717, 1.165) is 18.4 Å². The number of hydrogen-bond acceptors (Lipinski definition) is 4. The topological polar surface area (TPSA) is 66.9 Å². The van der Waals surface area contributed by atoms with E-state index in [1.54, 1.807) is 36.2 Å². The molecule has 0 spiro atoms. The number of ether oxygens (including phenoxy) is 1. The Hall–Kier alpha value is -2.22. The van der Waals surface area contributed by atoms with Gasteiger partial charge in [0.15, 0.2) is 0 Å². The van der Waals surface area contributed by atoms with Gasteiger partial charge in [0, 0.05) is 33.1 Å². The number of aryl methyl sites for hydroxylation is 1. The highest BCUT2D eigenvalue weighted by Crippen LogP contribution is 2.18. The van der Waals surface area contributed by atoms with Crippen molar-refractivity contribution in [2.75, 3.05) is 33.4 Å². The van der Waals surface area contributed by atoms with Crippen molar-refractivity contribution in [3.05, 3.63) is 65.7 Å². The third-order valence-corrected chi connectivity index (χ3v) is 6.99. The Bertz CT molecular complexity index is 892. The van der Waals surface area contributed by atoms with Crippen LogP contribution in [0.5, 0.6) is 0 Å². The van der Waals surface area contributed by atoms with Crippen molar-refractivity contribution in [3.8, 4) is 0 Å². The molecule has 0 bridgehead atoms. The van der Waals surface area contributed by atoms with Crippen molar-refractivity contribution in [1.29, 1.82) is 0 Å². The van der Waals surface area contributed by atoms with Crippen molar-refractivity contribution in [1.82, 2.24) is 9.21 Å². The maximum Gasteiger partial charge on any atom is 0.243 e. The third kappa shape index (κ3) is 5.88. The molecule has 1 aliphatic rings. The molecule has 1 fully saturated rings. The highest BCUT2D eigenvalue weighted by molar-refractivity contribution is 7.89. The third-order valence-electron chi connectivity index (χ3n) is 5.08. The Kier molecular flexibility index (Phi) is 7.41. The van der Waals surface area contributed by atoms with Crippen LogP contribution in [0.4, 0.5) is 0 Å². The zero-order valence-electron chi connectivity index (χ0n) is 16.8. The van der Waals surface area contributed by atoms with E-state index in [-0.39, 0.29) is 10.8 Å². The Morgan fingerprint density at radius 1 is 1.00 bits per heavy atom. The highest BCUT2D eigenvalue weighted by Gasteiger charge is 2.26. The first kappa shape index (κ1) is 21.5. The molecule has 0 unspecified atom stereocenters. The van der Waals surface area contributed by atoms with Crippen LogP contribution in [0.1, 0.15) is 24.0 Å². The van der Waals surface area contributed by atoms with Gasteiger partial charge < -0.3 is 9.64 Å². The second-order valence-corrected chi connectivity index (χ2v) is 9.19. The summed E-state index contributed by atoms with van der Waals surface area (Å²) >= 11 is 0. The lowest BCUT2D eigenvalue weighted by Crippen LogP contribution is -2.40. The van der Waals surface area contributed by atoms with Gasteiger partial charge in [-0.3, -0.25) is 4.79 Å². The summed E-state index contributed by atoms with van der Waals surface area (Å²) in [5, 5.41) is 0. The number of benzene rings is 2. The summed E-state index contributed by atoms with van der Waals surface area (Å²) in [4.78, 5) is 14.4. The predicted molar refractivity (Wildman–Crippen MR) is 112 cm³/mol. The van der Waals surface area contributed by atoms with E-state index in [0.29, 0.717) is 39.3 Å². The SMILES string of the molecule is CN(Cc1ccc(S(=O)(=O)N2CCOCC2)cc1)C(=O)CCCc1ccccc1. The molecule has 1 amide bonds. The van der Waals surface area contributed by atoms with Crippen molar-refractivity contribution in [2.24, 2.45) is 0 Å². The molecule has 29 heavy (non-hydrogen) atoms. The molecule has 3 rings (SSSR count). The van der Waals surface area contributed by atoms with E-state index in [2.05, 4.69) is 12.1 Å². The van der Waals surface area contributed by atoms with Crippen LogP contribution in [0.3, 0.4) is 0 Å². The number of sulfonamides is 1. The first-order valence-electron chi connectivity index (χ1n) is 9.91. The lowest BCUT2D eigenvalue weighted by Gasteiger charge is -2.26. The molecule has 0 radical (unpaired) electrons. The Balaban J connectivity index is 1.51. The van der Waals surface area contributed by atoms with Crippen LogP contribution in [-0.4, -0.2) is 56.9 Å². The fraction of sp³-hybridized carbons (Fsp3) is 0.409. The number of carbonyl (C=O) groups is 1. The fourth-order valence-corrected chi connectivity index (χ4v) is 4.75. The minimum Gasteiger partial charge on any atom is -0.379 e. The van der Waals surface area contributed by atoms with Crippen molar-refractivity contribution < 1.29 is 17.9 Å². The monoisotopic (exact) mass is 416 g/mol. The molecule has 2 aromatic carbocycles. The zero-order chi connectivity index (χ0) is 20.7. The molecule has 0 saturated carbocycles. The van der Waals surface area contributed by atoms with E-state index in [9.17, 15) is 13.2 Å². The largest absolute Gasteiger partial charge is 0.379 e. The van der Waals surface area contributed by atoms with Crippen LogP contribution in [0, 0.1) is 0 Å². The molecule has 156 valence electrons. The Morgan fingerprint density at radius 2 is 1.66 bits per heavy atom. The van der Waals surface area contributed by atoms with E-state index in [4.69, 9.17) is 4.74 Å². The number of nitrogens with zero attached hydrogens (tertiary/aromatic N) is 2. The smallest absolute Gasteiger partial charge is 0.243 e. The molecule has 1 aliphatic heterocycles. The van der Waals surface area contributed by atoms with Crippen LogP contribution in [0.15, 0.2) is 59.5 Å². The normalized spacial score (nSPS) is 15.2. The predicted octanol–water partition coefficient (Wildman–Crippen LogP) is 2.69. The van der Waals surface area contributed by atoms with Gasteiger partial charge in [-0.15, -0.1) is 0 Å². The average Bonchev–Trinajstić information content (AvgIpc) is 2.75. The molecule has 1 heterocycles. The summed E-state index contributed by atoms with van der Waals surface area (Å²) in [6.07, 6.45) is 2.19. The van der Waals surface area contributed by atoms with Gasteiger partial charge in [-0.25, -0.2) is 8.42 Å². The second kappa shape index (κ2) is 10.0. The molecule has 7 heteroatoms. The van der Waals surface area contributed by atoms with E-state index >= 15 is 0 Å². The summed E-state index contributed by atoms with van der Waals surface area (Å²) in [5.41, 5.74) is 2.14. The molecule has 2 aromatic rings. The summed E-state index contributed by atoms with van der Waals surface area (Å²) in [6, 6.07) is 16.9. The van der Waals surface area contributed by atoms with Crippen molar-refractivity contribution in [3.63, 3.8) is 0 Å². The van der Waals surface area contributed by atoms with Crippen LogP contribution in [0.2, 0.25) is 0 Å². The summed E-state index contributed by atoms with van der Waals surface area (Å²) in [6.45, 7) is 2.07. The number of hydrogen-bond donors (Lipinski definition) is 0. The van der Waals surface area contributed by atoms with Crippen LogP contribution in [-0.2, 0) is 32.5 Å². The van der Waals surface area contributed by atoms with Gasteiger partial charge >= 0.3 is 0 Å². The summed E-state index contributed by atoms with van der Waals surface area (Å²) in [5.74, 6) is 0.0888. The molecule has 0 aromatic heterocycles. The Labute approximate surface area is 173 Å². The first-order valence-corrected chi connectivity index (χ1v) is 11.4. The highest BCUT2D eigenvalue weighted by atomic mass is 32.2. The van der Waals surface area contributed by atoms with Crippen molar-refractivity contribution in [2.45, 2.75) is 30.7 Å². The molecule has 1 saturated heterocycles. The zero-order valence-corrected chi connectivity index (χ0v) is 17.6. The standard InChI is InChI=1S/C22H28N2O4S/c1-23(22(25)9-5-8-19-6-3-2-4-7-19)18-20-10-12-21(13-11-20)29(26,27)24-14-16-28-17-15-24/h2-4,6-7,10-13H,5,8-9,14-18H2,1H3. The molecule has 0 N–H and O–H groups in total. The molecule has 0 atom stereocenters. The number of morpholine rings is 1. The van der Waals surface area contributed by atoms with E-state index in [1.807, 2.05) is 18.2 Å². The lowest BCUT2D eigenvalue weighted by molar-refractivity contribution is -0.130. The van der Waals surface area contributed by atoms with Gasteiger partial charge in [0.1, 0.15) is 0 Å². The molecular formula is C22H28N2O4S. The van der Waals surface area contributed by atoms with Crippen LogP contribution < -0.4 is 0 Å². The van der Waals surface area contributed by atoms with Crippen LogP contribution in [0.25, 0.3) is 0 Å². The van der Waals surface area contributed by atoms with E-state index in [1.165, 1.54) is 9.87 Å². The first-order chi connectivity index (χ1) is 14.0. The van der Waals surface area contributed by atoms with Gasteiger partial charge in [0.2, 0.25) is 15.9 Å².